The molecular weight excluding hydrogens is 306 g/mol. The van der Waals surface area contributed by atoms with Gasteiger partial charge < -0.3 is 4.90 Å². The van der Waals surface area contributed by atoms with Crippen molar-refractivity contribution in [2.24, 2.45) is 10.4 Å². The highest BCUT2D eigenvalue weighted by atomic mass is 32.1. The lowest BCUT2D eigenvalue weighted by atomic mass is 9.79. The monoisotopic (exact) mass is 321 g/mol. The second kappa shape index (κ2) is 4.77. The molecule has 4 rings (SSSR count). The van der Waals surface area contributed by atoms with Crippen LogP contribution < -0.4 is 4.90 Å². The SMILES string of the molecule is Cc1cc2c(s1)N=C1N(c3ccc(C#N)cc3)CCC1(C)C2=O. The molecule has 1 aromatic heterocycles. The smallest absolute Gasteiger partial charge is 0.179 e. The molecule has 5 heteroatoms. The fourth-order valence-electron chi connectivity index (χ4n) is 3.36. The zero-order chi connectivity index (χ0) is 16.2. The van der Waals surface area contributed by atoms with Gasteiger partial charge in [0.05, 0.1) is 22.6 Å². The van der Waals surface area contributed by atoms with Crippen molar-refractivity contribution in [3.8, 4) is 6.07 Å². The van der Waals surface area contributed by atoms with Crippen molar-refractivity contribution in [3.63, 3.8) is 0 Å². The van der Waals surface area contributed by atoms with Gasteiger partial charge in [0, 0.05) is 17.1 Å². The minimum absolute atomic E-state index is 0.179. The number of nitriles is 1. The van der Waals surface area contributed by atoms with Gasteiger partial charge in [0.2, 0.25) is 0 Å². The summed E-state index contributed by atoms with van der Waals surface area (Å²) in [5.41, 5.74) is 1.83. The maximum atomic E-state index is 13.0. The zero-order valence-electron chi connectivity index (χ0n) is 13.0. The van der Waals surface area contributed by atoms with E-state index in [4.69, 9.17) is 10.3 Å². The lowest BCUT2D eigenvalue weighted by Gasteiger charge is -2.29. The summed E-state index contributed by atoms with van der Waals surface area (Å²) in [5, 5.41) is 9.76. The van der Waals surface area contributed by atoms with Crippen LogP contribution in [0.1, 0.15) is 34.1 Å². The number of hydrogen-bond acceptors (Lipinski definition) is 5. The van der Waals surface area contributed by atoms with Crippen molar-refractivity contribution in [1.82, 2.24) is 0 Å². The van der Waals surface area contributed by atoms with Crippen LogP contribution in [-0.4, -0.2) is 18.2 Å². The molecule has 0 N–H and O–H groups in total. The highest BCUT2D eigenvalue weighted by Gasteiger charge is 2.50. The Bertz CT molecular complexity index is 888. The van der Waals surface area contributed by atoms with E-state index < -0.39 is 5.41 Å². The van der Waals surface area contributed by atoms with E-state index in [9.17, 15) is 4.79 Å². The number of carbonyl (C=O) groups is 1. The maximum Gasteiger partial charge on any atom is 0.179 e. The lowest BCUT2D eigenvalue weighted by Crippen LogP contribution is -2.40. The van der Waals surface area contributed by atoms with Crippen molar-refractivity contribution in [2.45, 2.75) is 20.3 Å². The minimum atomic E-state index is -0.547. The summed E-state index contributed by atoms with van der Waals surface area (Å²) >= 11 is 1.57. The van der Waals surface area contributed by atoms with Gasteiger partial charge in [-0.2, -0.15) is 5.26 Å². The molecule has 1 unspecified atom stereocenters. The Morgan fingerprint density at radius 1 is 1.35 bits per heavy atom. The molecule has 4 nitrogen and oxygen atoms in total. The standard InChI is InChI=1S/C18H15N3OS/c1-11-9-14-15(22)18(2)7-8-21(17(18)20-16(14)23-11)13-5-3-12(10-19)4-6-13/h3-6,9H,7-8H2,1-2H3. The second-order valence-electron chi connectivity index (χ2n) is 6.23. The summed E-state index contributed by atoms with van der Waals surface area (Å²) in [6.45, 7) is 4.77. The van der Waals surface area contributed by atoms with Gasteiger partial charge in [-0.15, -0.1) is 11.3 Å². The van der Waals surface area contributed by atoms with E-state index in [-0.39, 0.29) is 5.78 Å². The number of rotatable bonds is 1. The zero-order valence-corrected chi connectivity index (χ0v) is 13.8. The number of aliphatic imine (C=N–C) groups is 1. The number of thiophene rings is 1. The number of nitrogens with zero attached hydrogens (tertiary/aromatic N) is 3. The first-order chi connectivity index (χ1) is 11.0. The van der Waals surface area contributed by atoms with Crippen LogP contribution >= 0.6 is 11.3 Å². The number of anilines is 1. The van der Waals surface area contributed by atoms with Crippen LogP contribution in [0, 0.1) is 23.7 Å². The number of carbonyl (C=O) groups excluding carboxylic acids is 1. The third kappa shape index (κ3) is 1.95. The number of benzene rings is 1. The van der Waals surface area contributed by atoms with Crippen LogP contribution in [0.4, 0.5) is 10.7 Å². The van der Waals surface area contributed by atoms with E-state index in [0.29, 0.717) is 5.56 Å². The molecule has 1 aromatic carbocycles. The predicted octanol–water partition coefficient (Wildman–Crippen LogP) is 4.07. The van der Waals surface area contributed by atoms with E-state index in [0.717, 1.165) is 39.9 Å². The molecule has 0 radical (unpaired) electrons. The fourth-order valence-corrected chi connectivity index (χ4v) is 4.23. The van der Waals surface area contributed by atoms with Crippen LogP contribution in [0.5, 0.6) is 0 Å². The van der Waals surface area contributed by atoms with Crippen LogP contribution in [0.3, 0.4) is 0 Å². The molecular formula is C18H15N3OS. The van der Waals surface area contributed by atoms with Gasteiger partial charge in [0.15, 0.2) is 5.78 Å². The van der Waals surface area contributed by atoms with Crippen LogP contribution in [0.15, 0.2) is 35.3 Å². The van der Waals surface area contributed by atoms with Crippen LogP contribution in [-0.2, 0) is 0 Å². The largest absolute Gasteiger partial charge is 0.329 e. The van der Waals surface area contributed by atoms with Gasteiger partial charge in [-0.3, -0.25) is 4.79 Å². The Morgan fingerprint density at radius 2 is 2.09 bits per heavy atom. The van der Waals surface area contributed by atoms with E-state index in [1.54, 1.807) is 23.5 Å². The first-order valence-electron chi connectivity index (χ1n) is 7.55. The van der Waals surface area contributed by atoms with E-state index >= 15 is 0 Å². The van der Waals surface area contributed by atoms with Gasteiger partial charge in [-0.25, -0.2) is 4.99 Å². The van der Waals surface area contributed by atoms with Gasteiger partial charge >= 0.3 is 0 Å². The third-order valence-corrected chi connectivity index (χ3v) is 5.63. The lowest BCUT2D eigenvalue weighted by molar-refractivity contribution is 0.0888. The van der Waals surface area contributed by atoms with Gasteiger partial charge in [-0.1, -0.05) is 0 Å². The maximum absolute atomic E-state index is 13.0. The Labute approximate surface area is 138 Å². The molecule has 1 fully saturated rings. The molecule has 1 saturated heterocycles. The highest BCUT2D eigenvalue weighted by Crippen LogP contribution is 2.47. The summed E-state index contributed by atoms with van der Waals surface area (Å²) in [6, 6.07) is 11.5. The topological polar surface area (TPSA) is 56.5 Å². The number of Topliss-reactive ketones (excluding diaryl/α,β-unsaturated/α-hetero) is 1. The first kappa shape index (κ1) is 14.2. The van der Waals surface area contributed by atoms with Crippen LogP contribution in [0.2, 0.25) is 0 Å². The molecule has 2 aliphatic rings. The molecule has 114 valence electrons. The number of fused-ring (bicyclic) bond motifs is 2. The molecule has 23 heavy (non-hydrogen) atoms. The summed E-state index contributed by atoms with van der Waals surface area (Å²) in [4.78, 5) is 21.0. The number of hydrogen-bond donors (Lipinski definition) is 0. The Kier molecular flexibility index (Phi) is 2.94. The summed E-state index contributed by atoms with van der Waals surface area (Å²) in [5.74, 6) is 1.01. The third-order valence-electron chi connectivity index (χ3n) is 4.68. The molecule has 0 aliphatic carbocycles. The van der Waals surface area contributed by atoms with E-state index in [2.05, 4.69) is 11.0 Å². The normalized spacial score (nSPS) is 22.4. The minimum Gasteiger partial charge on any atom is -0.329 e. The average Bonchev–Trinajstić information content (AvgIpc) is 3.09. The molecule has 0 spiro atoms. The molecule has 0 saturated carbocycles. The molecule has 2 aliphatic heterocycles. The molecule has 0 bridgehead atoms. The van der Waals surface area contributed by atoms with Crippen molar-refractivity contribution in [1.29, 1.82) is 5.26 Å². The average molecular weight is 321 g/mol. The molecule has 0 amide bonds. The van der Waals surface area contributed by atoms with Crippen molar-refractivity contribution in [2.75, 3.05) is 11.4 Å². The summed E-state index contributed by atoms with van der Waals surface area (Å²) in [7, 11) is 0. The van der Waals surface area contributed by atoms with Gasteiger partial charge in [-0.05, 0) is 50.6 Å². The van der Waals surface area contributed by atoms with Crippen molar-refractivity contribution < 1.29 is 4.79 Å². The number of ketones is 1. The summed E-state index contributed by atoms with van der Waals surface area (Å²) in [6.07, 6.45) is 0.763. The fraction of sp³-hybridized carbons (Fsp3) is 0.278. The van der Waals surface area contributed by atoms with E-state index in [1.807, 2.05) is 32.0 Å². The summed E-state index contributed by atoms with van der Waals surface area (Å²) < 4.78 is 0. The highest BCUT2D eigenvalue weighted by molar-refractivity contribution is 7.16. The van der Waals surface area contributed by atoms with E-state index in [1.165, 1.54) is 0 Å². The molecule has 2 aromatic rings. The van der Waals surface area contributed by atoms with Gasteiger partial charge in [0.1, 0.15) is 10.8 Å². The second-order valence-corrected chi connectivity index (χ2v) is 7.47. The quantitative estimate of drug-likeness (QED) is 0.795. The first-order valence-corrected chi connectivity index (χ1v) is 8.37. The number of amidine groups is 1. The predicted molar refractivity (Wildman–Crippen MR) is 91.7 cm³/mol. The van der Waals surface area contributed by atoms with Crippen molar-refractivity contribution in [3.05, 3.63) is 46.3 Å². The van der Waals surface area contributed by atoms with Crippen molar-refractivity contribution >= 4 is 33.6 Å². The Morgan fingerprint density at radius 3 is 2.78 bits per heavy atom. The van der Waals surface area contributed by atoms with Crippen LogP contribution in [0.25, 0.3) is 0 Å². The Hall–Kier alpha value is -2.45. The Balaban J connectivity index is 1.82. The van der Waals surface area contributed by atoms with Gasteiger partial charge in [0.25, 0.3) is 0 Å². The number of aryl methyl sites for hydroxylation is 1. The molecule has 1 atom stereocenters. The molecule has 3 heterocycles.